The third kappa shape index (κ3) is 6.10. The number of urea groups is 1. The number of anilines is 1. The molecule has 0 bridgehead atoms. The van der Waals surface area contributed by atoms with E-state index in [0.717, 1.165) is 28.9 Å². The van der Waals surface area contributed by atoms with Crippen molar-refractivity contribution in [3.63, 3.8) is 0 Å². The normalized spacial score (nSPS) is 11.5. The maximum atomic E-state index is 13.2. The lowest BCUT2D eigenvalue weighted by Gasteiger charge is -2.28. The van der Waals surface area contributed by atoms with Crippen LogP contribution in [0.1, 0.15) is 37.5 Å². The van der Waals surface area contributed by atoms with Crippen LogP contribution in [0, 0.1) is 6.92 Å². The predicted octanol–water partition coefficient (Wildman–Crippen LogP) is 4.89. The number of likely N-dealkylation sites (N-methyl/N-ethyl adjacent to an activating group) is 1. The molecule has 0 radical (unpaired) electrons. The van der Waals surface area contributed by atoms with Gasteiger partial charge in [-0.25, -0.2) is 4.79 Å². The lowest BCUT2D eigenvalue weighted by atomic mass is 9.84. The second kappa shape index (κ2) is 9.05. The van der Waals surface area contributed by atoms with E-state index in [4.69, 9.17) is 0 Å². The van der Waals surface area contributed by atoms with Gasteiger partial charge in [0, 0.05) is 25.3 Å². The first kappa shape index (κ1) is 21.0. The molecule has 0 aliphatic rings. The summed E-state index contributed by atoms with van der Waals surface area (Å²) in [6.45, 7) is 10.6. The van der Waals surface area contributed by atoms with Gasteiger partial charge in [0.05, 0.1) is 0 Å². The van der Waals surface area contributed by atoms with Gasteiger partial charge in [-0.3, -0.25) is 0 Å². The smallest absolute Gasteiger partial charge is 0.319 e. The molecule has 146 valence electrons. The van der Waals surface area contributed by atoms with E-state index >= 15 is 0 Å². The minimum atomic E-state index is -0.0551. The monoisotopic (exact) mass is 367 g/mol. The Morgan fingerprint density at radius 1 is 0.963 bits per heavy atom. The second-order valence-corrected chi connectivity index (χ2v) is 8.39. The third-order valence-corrected chi connectivity index (χ3v) is 4.63. The first-order valence-corrected chi connectivity index (χ1v) is 9.53. The number of carbonyl (C=O) groups is 1. The highest BCUT2D eigenvalue weighted by Crippen LogP contribution is 2.32. The number of amides is 2. The number of aryl methyl sites for hydroxylation is 1. The molecule has 0 fully saturated rings. The number of hydrogen-bond acceptors (Lipinski definition) is 2. The zero-order valence-corrected chi connectivity index (χ0v) is 17.5. The summed E-state index contributed by atoms with van der Waals surface area (Å²) in [4.78, 5) is 17.1. The van der Waals surface area contributed by atoms with Crippen LogP contribution in [0.25, 0.3) is 0 Å². The van der Waals surface area contributed by atoms with E-state index in [2.05, 4.69) is 55.3 Å². The lowest BCUT2D eigenvalue weighted by Crippen LogP contribution is -2.39. The Morgan fingerprint density at radius 3 is 2.22 bits per heavy atom. The van der Waals surface area contributed by atoms with Gasteiger partial charge in [0.25, 0.3) is 0 Å². The van der Waals surface area contributed by atoms with Crippen molar-refractivity contribution in [2.24, 2.45) is 0 Å². The number of nitrogens with one attached hydrogen (secondary N) is 1. The summed E-state index contributed by atoms with van der Waals surface area (Å²) in [5.41, 5.74) is 4.26. The number of benzene rings is 2. The number of nitrogens with zero attached hydrogens (tertiary/aromatic N) is 2. The minimum Gasteiger partial charge on any atom is -0.319 e. The number of hydrogen-bond donors (Lipinski definition) is 1. The summed E-state index contributed by atoms with van der Waals surface area (Å²) in [5.74, 6) is 0. The minimum absolute atomic E-state index is 0.0392. The third-order valence-electron chi connectivity index (χ3n) is 4.63. The zero-order chi connectivity index (χ0) is 20.0. The van der Waals surface area contributed by atoms with Crippen molar-refractivity contribution in [2.75, 3.05) is 32.5 Å². The summed E-state index contributed by atoms with van der Waals surface area (Å²) >= 11 is 0. The Kier molecular flexibility index (Phi) is 7.03. The van der Waals surface area contributed by atoms with Crippen molar-refractivity contribution < 1.29 is 4.79 Å². The van der Waals surface area contributed by atoms with Crippen LogP contribution < -0.4 is 5.32 Å². The van der Waals surface area contributed by atoms with Gasteiger partial charge in [0.1, 0.15) is 0 Å². The molecule has 27 heavy (non-hydrogen) atoms. The summed E-state index contributed by atoms with van der Waals surface area (Å²) in [6.07, 6.45) is 0. The molecule has 0 heterocycles. The van der Waals surface area contributed by atoms with Crippen LogP contribution in [0.4, 0.5) is 10.5 Å². The molecular weight excluding hydrogens is 334 g/mol. The van der Waals surface area contributed by atoms with E-state index in [-0.39, 0.29) is 11.4 Å². The molecule has 0 spiro atoms. The molecule has 0 saturated carbocycles. The van der Waals surface area contributed by atoms with Gasteiger partial charge in [-0.05, 0) is 43.1 Å². The van der Waals surface area contributed by atoms with Crippen LogP contribution >= 0.6 is 0 Å². The second-order valence-electron chi connectivity index (χ2n) is 8.39. The average molecular weight is 368 g/mol. The molecular formula is C23H33N3O. The van der Waals surface area contributed by atoms with Gasteiger partial charge in [0.2, 0.25) is 0 Å². The van der Waals surface area contributed by atoms with Gasteiger partial charge in [0.15, 0.2) is 0 Å². The van der Waals surface area contributed by atoms with E-state index in [1.54, 1.807) is 0 Å². The summed E-state index contributed by atoms with van der Waals surface area (Å²) < 4.78 is 0. The standard InChI is InChI=1S/C23H33N3O/c1-18-11-10-14-20(23(2,3)4)21(18)24-22(27)26(16-15-25(5)6)17-19-12-8-7-9-13-19/h7-14H,15-17H2,1-6H3,(H,24,27). The van der Waals surface area contributed by atoms with Gasteiger partial charge in [-0.1, -0.05) is 69.3 Å². The predicted molar refractivity (Wildman–Crippen MR) is 114 cm³/mol. The van der Waals surface area contributed by atoms with Crippen molar-refractivity contribution in [2.45, 2.75) is 39.7 Å². The van der Waals surface area contributed by atoms with Gasteiger partial charge in [-0.2, -0.15) is 0 Å². The molecule has 0 saturated heterocycles. The highest BCUT2D eigenvalue weighted by molar-refractivity contribution is 5.91. The summed E-state index contributed by atoms with van der Waals surface area (Å²) in [7, 11) is 4.05. The number of para-hydroxylation sites is 1. The van der Waals surface area contributed by atoms with E-state index in [1.165, 1.54) is 0 Å². The Labute approximate surface area is 164 Å². The molecule has 0 unspecified atom stereocenters. The van der Waals surface area contributed by atoms with Crippen molar-refractivity contribution in [1.29, 1.82) is 0 Å². The fraction of sp³-hybridized carbons (Fsp3) is 0.435. The quantitative estimate of drug-likeness (QED) is 0.789. The highest BCUT2D eigenvalue weighted by atomic mass is 16.2. The maximum absolute atomic E-state index is 13.2. The van der Waals surface area contributed by atoms with Crippen LogP contribution in [0.2, 0.25) is 0 Å². The zero-order valence-electron chi connectivity index (χ0n) is 17.5. The van der Waals surface area contributed by atoms with E-state index in [1.807, 2.05) is 50.2 Å². The van der Waals surface area contributed by atoms with Crippen LogP contribution in [-0.4, -0.2) is 43.0 Å². The fourth-order valence-electron chi connectivity index (χ4n) is 3.02. The van der Waals surface area contributed by atoms with Crippen molar-refractivity contribution in [3.05, 3.63) is 65.2 Å². The van der Waals surface area contributed by atoms with Gasteiger partial charge >= 0.3 is 6.03 Å². The molecule has 2 amide bonds. The van der Waals surface area contributed by atoms with Gasteiger partial charge < -0.3 is 15.1 Å². The van der Waals surface area contributed by atoms with Crippen LogP contribution in [0.3, 0.4) is 0 Å². The topological polar surface area (TPSA) is 35.6 Å². The molecule has 0 aliphatic carbocycles. The molecule has 2 aromatic carbocycles. The molecule has 2 rings (SSSR count). The highest BCUT2D eigenvalue weighted by Gasteiger charge is 2.22. The molecule has 0 aromatic heterocycles. The lowest BCUT2D eigenvalue weighted by molar-refractivity contribution is 0.202. The number of carbonyl (C=O) groups excluding carboxylic acids is 1. The Hall–Kier alpha value is -2.33. The SMILES string of the molecule is Cc1cccc(C(C)(C)C)c1NC(=O)N(CCN(C)C)Cc1ccccc1. The average Bonchev–Trinajstić information content (AvgIpc) is 2.60. The van der Waals surface area contributed by atoms with E-state index < -0.39 is 0 Å². The van der Waals surface area contributed by atoms with Crippen molar-refractivity contribution in [3.8, 4) is 0 Å². The van der Waals surface area contributed by atoms with Crippen LogP contribution in [0.15, 0.2) is 48.5 Å². The van der Waals surface area contributed by atoms with Crippen LogP contribution in [0.5, 0.6) is 0 Å². The first-order valence-electron chi connectivity index (χ1n) is 9.53. The van der Waals surface area contributed by atoms with Gasteiger partial charge in [-0.15, -0.1) is 0 Å². The van der Waals surface area contributed by atoms with Crippen LogP contribution in [-0.2, 0) is 12.0 Å². The molecule has 4 nitrogen and oxygen atoms in total. The molecule has 0 aliphatic heterocycles. The molecule has 4 heteroatoms. The van der Waals surface area contributed by atoms with E-state index in [0.29, 0.717) is 13.1 Å². The molecule has 2 aromatic rings. The van der Waals surface area contributed by atoms with Crippen molar-refractivity contribution in [1.82, 2.24) is 9.80 Å². The largest absolute Gasteiger partial charge is 0.322 e. The summed E-state index contributed by atoms with van der Waals surface area (Å²) in [6, 6.07) is 16.3. The number of rotatable bonds is 6. The molecule has 1 N–H and O–H groups in total. The Morgan fingerprint density at radius 2 is 1.63 bits per heavy atom. The van der Waals surface area contributed by atoms with E-state index in [9.17, 15) is 4.79 Å². The Balaban J connectivity index is 2.25. The molecule has 0 atom stereocenters. The maximum Gasteiger partial charge on any atom is 0.322 e. The Bertz CT molecular complexity index is 748. The fourth-order valence-corrected chi connectivity index (χ4v) is 3.02. The first-order chi connectivity index (χ1) is 12.7. The van der Waals surface area contributed by atoms with Crippen molar-refractivity contribution >= 4 is 11.7 Å². The summed E-state index contributed by atoms with van der Waals surface area (Å²) in [5, 5.41) is 3.20.